The van der Waals surface area contributed by atoms with Gasteiger partial charge in [-0.25, -0.2) is 4.79 Å². The van der Waals surface area contributed by atoms with Crippen LogP contribution in [0.3, 0.4) is 0 Å². The van der Waals surface area contributed by atoms with E-state index in [0.29, 0.717) is 5.75 Å². The fraction of sp³-hybridized carbons (Fsp3) is 0.684. The summed E-state index contributed by atoms with van der Waals surface area (Å²) in [6.07, 6.45) is -0.742. The Hall–Kier alpha value is -2.91. The van der Waals surface area contributed by atoms with E-state index in [-0.39, 0.29) is 25.7 Å². The van der Waals surface area contributed by atoms with Crippen molar-refractivity contribution in [1.82, 2.24) is 16.0 Å². The average molecular weight is 508 g/mol. The molecule has 5 unspecified atom stereocenters. The van der Waals surface area contributed by atoms with Gasteiger partial charge in [-0.15, -0.1) is 0 Å². The molecule has 34 heavy (non-hydrogen) atoms. The number of thioether (sulfide) groups is 1. The molecule has 0 aromatic carbocycles. The molecule has 10 N–H and O–H groups in total. The number of carboxylic acid groups (broad SMARTS) is 2. The summed E-state index contributed by atoms with van der Waals surface area (Å²) in [7, 11) is 0. The zero-order valence-electron chi connectivity index (χ0n) is 19.0. The summed E-state index contributed by atoms with van der Waals surface area (Å²) in [6.45, 7) is 1.27. The molecule has 0 bridgehead atoms. The van der Waals surface area contributed by atoms with Crippen LogP contribution in [-0.4, -0.2) is 93.2 Å². The lowest BCUT2D eigenvalue weighted by Gasteiger charge is -2.25. The number of carbonyl (C=O) groups is 6. The number of nitrogens with one attached hydrogen (secondary N) is 3. The molecule has 15 heteroatoms. The smallest absolute Gasteiger partial charge is 0.326 e. The number of amides is 4. The first kappa shape index (κ1) is 31.1. The predicted octanol–water partition coefficient (Wildman–Crippen LogP) is -2.88. The van der Waals surface area contributed by atoms with E-state index in [1.807, 2.05) is 0 Å². The van der Waals surface area contributed by atoms with E-state index in [1.54, 1.807) is 6.26 Å². The number of nitrogens with two attached hydrogens (primary N) is 2. The van der Waals surface area contributed by atoms with Crippen LogP contribution in [0.15, 0.2) is 0 Å². The van der Waals surface area contributed by atoms with E-state index in [1.165, 1.54) is 18.7 Å². The van der Waals surface area contributed by atoms with Gasteiger partial charge in [0.15, 0.2) is 0 Å². The van der Waals surface area contributed by atoms with Crippen molar-refractivity contribution in [2.45, 2.75) is 69.3 Å². The second-order valence-electron chi connectivity index (χ2n) is 7.51. The molecule has 0 spiro atoms. The fourth-order valence-electron chi connectivity index (χ4n) is 2.62. The van der Waals surface area contributed by atoms with Gasteiger partial charge in [0.2, 0.25) is 23.6 Å². The molecule has 0 rings (SSSR count). The van der Waals surface area contributed by atoms with Crippen molar-refractivity contribution in [3.63, 3.8) is 0 Å². The Morgan fingerprint density at radius 2 is 1.29 bits per heavy atom. The Labute approximate surface area is 200 Å². The molecular weight excluding hydrogens is 474 g/mol. The van der Waals surface area contributed by atoms with Crippen LogP contribution >= 0.6 is 11.8 Å². The first-order valence-corrected chi connectivity index (χ1v) is 11.8. The molecule has 0 aromatic heterocycles. The van der Waals surface area contributed by atoms with Gasteiger partial charge in [0.1, 0.15) is 24.2 Å². The maximum absolute atomic E-state index is 12.8. The van der Waals surface area contributed by atoms with E-state index in [4.69, 9.17) is 16.6 Å². The lowest BCUT2D eigenvalue weighted by molar-refractivity contribution is -0.143. The van der Waals surface area contributed by atoms with Crippen LogP contribution in [0.5, 0.6) is 0 Å². The van der Waals surface area contributed by atoms with Crippen LogP contribution in [-0.2, 0) is 28.8 Å². The molecule has 0 heterocycles. The number of aliphatic hydroxyl groups is 1. The van der Waals surface area contributed by atoms with Crippen LogP contribution in [0.1, 0.15) is 39.0 Å². The molecule has 0 aromatic rings. The summed E-state index contributed by atoms with van der Waals surface area (Å²) in [5, 5.41) is 34.4. The van der Waals surface area contributed by atoms with Gasteiger partial charge in [-0.2, -0.15) is 11.8 Å². The molecular formula is C19H33N5O9S. The summed E-state index contributed by atoms with van der Waals surface area (Å²) in [5.41, 5.74) is 10.7. The minimum absolute atomic E-state index is 0.0910. The van der Waals surface area contributed by atoms with Crippen molar-refractivity contribution in [1.29, 1.82) is 0 Å². The van der Waals surface area contributed by atoms with Crippen molar-refractivity contribution in [3.8, 4) is 0 Å². The number of aliphatic hydroxyl groups excluding tert-OH is 1. The first-order valence-electron chi connectivity index (χ1n) is 10.4. The number of aliphatic carboxylic acids is 2. The second kappa shape index (κ2) is 15.8. The lowest BCUT2D eigenvalue weighted by atomic mass is 10.1. The van der Waals surface area contributed by atoms with Gasteiger partial charge in [-0.05, 0) is 38.2 Å². The van der Waals surface area contributed by atoms with Crippen LogP contribution < -0.4 is 27.4 Å². The zero-order chi connectivity index (χ0) is 26.4. The standard InChI is InChI=1S/C19H33N5O9S/c1-9(25)15(21)18(31)23-10(3-5-13(20)26)16(29)22-11(7-8-34-2)17(30)24-12(19(32)33)4-6-14(27)28/h9-12,15,25H,3-8,21H2,1-2H3,(H2,20,26)(H,22,29)(H,23,31)(H,24,30)(H,27,28)(H,32,33). The van der Waals surface area contributed by atoms with Crippen LogP contribution in [0.4, 0.5) is 0 Å². The highest BCUT2D eigenvalue weighted by atomic mass is 32.2. The SMILES string of the molecule is CSCCC(NC(=O)C(CCC(N)=O)NC(=O)C(N)C(C)O)C(=O)NC(CCC(=O)O)C(=O)O. The highest BCUT2D eigenvalue weighted by molar-refractivity contribution is 7.98. The third kappa shape index (κ3) is 12.4. The molecule has 0 radical (unpaired) electrons. The quantitative estimate of drug-likeness (QED) is 0.0992. The van der Waals surface area contributed by atoms with Crippen molar-refractivity contribution in [2.24, 2.45) is 11.5 Å². The van der Waals surface area contributed by atoms with Crippen molar-refractivity contribution in [3.05, 3.63) is 0 Å². The number of hydrogen-bond donors (Lipinski definition) is 8. The largest absolute Gasteiger partial charge is 0.481 e. The molecule has 0 aliphatic rings. The maximum atomic E-state index is 12.8. The van der Waals surface area contributed by atoms with Crippen LogP contribution in [0.2, 0.25) is 0 Å². The van der Waals surface area contributed by atoms with Crippen LogP contribution in [0.25, 0.3) is 0 Å². The number of hydrogen-bond acceptors (Lipinski definition) is 9. The lowest BCUT2D eigenvalue weighted by Crippen LogP contribution is -2.58. The van der Waals surface area contributed by atoms with Crippen LogP contribution in [0, 0.1) is 0 Å². The van der Waals surface area contributed by atoms with E-state index < -0.39 is 72.3 Å². The zero-order valence-corrected chi connectivity index (χ0v) is 19.8. The third-order valence-electron chi connectivity index (χ3n) is 4.64. The summed E-state index contributed by atoms with van der Waals surface area (Å²) in [5.74, 6) is -5.61. The molecule has 0 saturated heterocycles. The molecule has 14 nitrogen and oxygen atoms in total. The van der Waals surface area contributed by atoms with Gasteiger partial charge in [-0.3, -0.25) is 24.0 Å². The van der Waals surface area contributed by atoms with Gasteiger partial charge in [0.25, 0.3) is 0 Å². The van der Waals surface area contributed by atoms with Crippen molar-refractivity contribution in [2.75, 3.05) is 12.0 Å². The van der Waals surface area contributed by atoms with E-state index in [2.05, 4.69) is 16.0 Å². The Kier molecular flexibility index (Phi) is 14.5. The molecule has 0 aliphatic heterocycles. The molecule has 4 amide bonds. The average Bonchev–Trinajstić information content (AvgIpc) is 2.74. The Balaban J connectivity index is 5.53. The van der Waals surface area contributed by atoms with Crippen molar-refractivity contribution >= 4 is 47.3 Å². The van der Waals surface area contributed by atoms with Gasteiger partial charge in [0.05, 0.1) is 6.10 Å². The third-order valence-corrected chi connectivity index (χ3v) is 5.28. The Morgan fingerprint density at radius 3 is 1.74 bits per heavy atom. The summed E-state index contributed by atoms with van der Waals surface area (Å²) >= 11 is 1.35. The van der Waals surface area contributed by atoms with Gasteiger partial charge in [0, 0.05) is 12.8 Å². The monoisotopic (exact) mass is 507 g/mol. The first-order chi connectivity index (χ1) is 15.8. The van der Waals surface area contributed by atoms with Crippen molar-refractivity contribution < 1.29 is 44.1 Å². The summed E-state index contributed by atoms with van der Waals surface area (Å²) in [4.78, 5) is 71.0. The molecule has 0 saturated carbocycles. The molecule has 0 fully saturated rings. The number of carbonyl (C=O) groups excluding carboxylic acids is 4. The molecule has 0 aliphatic carbocycles. The minimum Gasteiger partial charge on any atom is -0.481 e. The van der Waals surface area contributed by atoms with E-state index in [9.17, 15) is 39.0 Å². The maximum Gasteiger partial charge on any atom is 0.326 e. The number of primary amides is 1. The topological polar surface area (TPSA) is 251 Å². The molecule has 194 valence electrons. The highest BCUT2D eigenvalue weighted by Gasteiger charge is 2.31. The highest BCUT2D eigenvalue weighted by Crippen LogP contribution is 2.06. The second-order valence-corrected chi connectivity index (χ2v) is 8.49. The van der Waals surface area contributed by atoms with Gasteiger partial charge < -0.3 is 42.7 Å². The number of rotatable bonds is 17. The van der Waals surface area contributed by atoms with Gasteiger partial charge in [-0.1, -0.05) is 0 Å². The minimum atomic E-state index is -1.49. The van der Waals surface area contributed by atoms with E-state index >= 15 is 0 Å². The normalized spacial score (nSPS) is 15.2. The molecule has 5 atom stereocenters. The Bertz CT molecular complexity index is 750. The fourth-order valence-corrected chi connectivity index (χ4v) is 3.09. The summed E-state index contributed by atoms with van der Waals surface area (Å²) < 4.78 is 0. The number of carboxylic acids is 2. The van der Waals surface area contributed by atoms with Gasteiger partial charge >= 0.3 is 11.9 Å². The Morgan fingerprint density at radius 1 is 0.824 bits per heavy atom. The van der Waals surface area contributed by atoms with E-state index in [0.717, 1.165) is 0 Å². The predicted molar refractivity (Wildman–Crippen MR) is 121 cm³/mol. The summed E-state index contributed by atoms with van der Waals surface area (Å²) in [6, 6.07) is -5.39.